The van der Waals surface area contributed by atoms with Crippen molar-refractivity contribution in [3.63, 3.8) is 0 Å². The monoisotopic (exact) mass is 360 g/mol. The number of carbonyl (C=O) groups is 2. The largest absolute Gasteiger partial charge is 0.447 e. The van der Waals surface area contributed by atoms with Crippen molar-refractivity contribution in [1.82, 2.24) is 10.2 Å². The number of likely N-dealkylation sites (tertiary alicyclic amines) is 1. The van der Waals surface area contributed by atoms with Crippen LogP contribution in [0.5, 0.6) is 0 Å². The highest BCUT2D eigenvalue weighted by Gasteiger charge is 2.63. The van der Waals surface area contributed by atoms with Gasteiger partial charge in [-0.2, -0.15) is 0 Å². The second-order valence-corrected chi connectivity index (χ2v) is 8.73. The Bertz CT molecular complexity index is 789. The van der Waals surface area contributed by atoms with Gasteiger partial charge in [-0.05, 0) is 49.3 Å². The van der Waals surface area contributed by atoms with Crippen LogP contribution in [0.1, 0.15) is 30.4 Å². The summed E-state index contributed by atoms with van der Waals surface area (Å²) >= 11 is 6.31. The molecule has 132 valence electrons. The van der Waals surface area contributed by atoms with Crippen LogP contribution in [0.25, 0.3) is 0 Å². The first-order chi connectivity index (χ1) is 11.9. The van der Waals surface area contributed by atoms with E-state index in [1.807, 2.05) is 11.8 Å². The zero-order valence-corrected chi connectivity index (χ0v) is 14.9. The summed E-state index contributed by atoms with van der Waals surface area (Å²) in [5.74, 6) is 0.800. The van der Waals surface area contributed by atoms with Gasteiger partial charge in [0, 0.05) is 29.4 Å². The van der Waals surface area contributed by atoms with Gasteiger partial charge in [-0.15, -0.1) is 0 Å². The molecule has 1 N–H and O–H groups in total. The number of benzene rings is 1. The molecule has 2 unspecified atom stereocenters. The lowest BCUT2D eigenvalue weighted by Gasteiger charge is -2.43. The molecule has 2 aliphatic heterocycles. The first-order valence-corrected chi connectivity index (χ1v) is 9.29. The number of alkyl carbamates (subject to hydrolysis) is 1. The van der Waals surface area contributed by atoms with Crippen molar-refractivity contribution in [3.05, 3.63) is 34.3 Å². The topological polar surface area (TPSA) is 58.6 Å². The Morgan fingerprint density at radius 2 is 2.16 bits per heavy atom. The third-order valence-corrected chi connectivity index (χ3v) is 7.08. The summed E-state index contributed by atoms with van der Waals surface area (Å²) in [6.45, 7) is 4.04. The number of piperidine rings is 1. The van der Waals surface area contributed by atoms with Crippen molar-refractivity contribution >= 4 is 23.6 Å². The lowest BCUT2D eigenvalue weighted by Crippen LogP contribution is -2.58. The highest BCUT2D eigenvalue weighted by molar-refractivity contribution is 6.31. The SMILES string of the molecule is Cc1ccc(C23CC2CN(C(=O)[C@H]2C[C@]4(COC(=O)N4)C2)C3)cc1Cl. The van der Waals surface area contributed by atoms with E-state index in [9.17, 15) is 9.59 Å². The van der Waals surface area contributed by atoms with Gasteiger partial charge in [-0.3, -0.25) is 4.79 Å². The number of hydrogen-bond donors (Lipinski definition) is 1. The predicted molar refractivity (Wildman–Crippen MR) is 92.5 cm³/mol. The minimum absolute atomic E-state index is 0.0122. The van der Waals surface area contributed by atoms with Crippen LogP contribution in [-0.2, 0) is 14.9 Å². The predicted octanol–water partition coefficient (Wildman–Crippen LogP) is 2.64. The maximum atomic E-state index is 12.9. The number of aryl methyl sites for hydroxylation is 1. The molecule has 2 saturated carbocycles. The van der Waals surface area contributed by atoms with E-state index in [1.165, 1.54) is 5.56 Å². The van der Waals surface area contributed by atoms with Crippen LogP contribution in [0.4, 0.5) is 4.79 Å². The summed E-state index contributed by atoms with van der Waals surface area (Å²) in [5.41, 5.74) is 2.18. The normalized spacial score (nSPS) is 38.2. The molecule has 5 rings (SSSR count). The summed E-state index contributed by atoms with van der Waals surface area (Å²) < 4.78 is 5.00. The average molecular weight is 361 g/mol. The second kappa shape index (κ2) is 4.91. The standard InChI is InChI=1S/C19H21ClN2O3/c1-11-2-3-13(4-15(11)20)19-7-14(19)8-22(9-19)16(23)12-5-18(6-12)10-25-17(24)21-18/h2-4,12,14H,5-10H2,1H3,(H,21,24)/t12-,14?,18+,19?. The van der Waals surface area contributed by atoms with Crippen LogP contribution in [0.2, 0.25) is 5.02 Å². The molecule has 2 amide bonds. The summed E-state index contributed by atoms with van der Waals surface area (Å²) in [6, 6.07) is 6.32. The van der Waals surface area contributed by atoms with Gasteiger partial charge in [0.1, 0.15) is 6.61 Å². The molecule has 4 fully saturated rings. The Labute approximate surface area is 151 Å². The first kappa shape index (κ1) is 15.5. The number of fused-ring (bicyclic) bond motifs is 1. The van der Waals surface area contributed by atoms with Crippen LogP contribution >= 0.6 is 11.6 Å². The molecule has 0 radical (unpaired) electrons. The van der Waals surface area contributed by atoms with Crippen LogP contribution in [0.15, 0.2) is 18.2 Å². The zero-order chi connectivity index (χ0) is 17.4. The second-order valence-electron chi connectivity index (χ2n) is 8.33. The number of halogens is 1. The highest BCUT2D eigenvalue weighted by atomic mass is 35.5. The van der Waals surface area contributed by atoms with E-state index in [0.717, 1.165) is 30.1 Å². The third-order valence-electron chi connectivity index (χ3n) is 6.67. The van der Waals surface area contributed by atoms with Gasteiger partial charge in [0.2, 0.25) is 5.91 Å². The van der Waals surface area contributed by atoms with Gasteiger partial charge in [0.25, 0.3) is 0 Å². The van der Waals surface area contributed by atoms with E-state index in [4.69, 9.17) is 16.3 Å². The molecule has 0 bridgehead atoms. The number of cyclic esters (lactones) is 1. The fourth-order valence-electron chi connectivity index (χ4n) is 5.03. The van der Waals surface area contributed by atoms with E-state index in [1.54, 1.807) is 0 Å². The van der Waals surface area contributed by atoms with Gasteiger partial charge in [0.15, 0.2) is 0 Å². The van der Waals surface area contributed by atoms with Gasteiger partial charge in [-0.1, -0.05) is 23.7 Å². The van der Waals surface area contributed by atoms with Gasteiger partial charge in [-0.25, -0.2) is 4.79 Å². The summed E-state index contributed by atoms with van der Waals surface area (Å²) in [5, 5.41) is 3.66. The van der Waals surface area contributed by atoms with Gasteiger partial charge in [0.05, 0.1) is 5.54 Å². The van der Waals surface area contributed by atoms with Gasteiger partial charge < -0.3 is 15.0 Å². The van der Waals surface area contributed by atoms with E-state index in [0.29, 0.717) is 25.4 Å². The summed E-state index contributed by atoms with van der Waals surface area (Å²) in [7, 11) is 0. The Balaban J connectivity index is 1.26. The Hall–Kier alpha value is -1.75. The number of nitrogens with zero attached hydrogens (tertiary/aromatic N) is 1. The minimum atomic E-state index is -0.358. The van der Waals surface area contributed by atoms with Crippen LogP contribution in [-0.4, -0.2) is 42.1 Å². The lowest BCUT2D eigenvalue weighted by atomic mass is 9.68. The fourth-order valence-corrected chi connectivity index (χ4v) is 5.21. The number of rotatable bonds is 2. The fraction of sp³-hybridized carbons (Fsp3) is 0.579. The van der Waals surface area contributed by atoms with Crippen molar-refractivity contribution in [2.45, 2.75) is 37.1 Å². The number of ether oxygens (including phenoxy) is 1. The molecule has 1 aromatic rings. The third kappa shape index (κ3) is 2.21. The average Bonchev–Trinajstić information content (AvgIpc) is 2.91. The first-order valence-electron chi connectivity index (χ1n) is 8.91. The van der Waals surface area contributed by atoms with E-state index < -0.39 is 0 Å². The smallest absolute Gasteiger partial charge is 0.407 e. The van der Waals surface area contributed by atoms with Crippen molar-refractivity contribution in [1.29, 1.82) is 0 Å². The van der Waals surface area contributed by atoms with E-state index >= 15 is 0 Å². The van der Waals surface area contributed by atoms with Crippen LogP contribution in [0, 0.1) is 18.8 Å². The van der Waals surface area contributed by atoms with Crippen LogP contribution in [0.3, 0.4) is 0 Å². The molecular weight excluding hydrogens is 340 g/mol. The molecule has 2 saturated heterocycles. The molecule has 2 aliphatic carbocycles. The lowest BCUT2D eigenvalue weighted by molar-refractivity contribution is -0.140. The molecule has 6 heteroatoms. The minimum Gasteiger partial charge on any atom is -0.447 e. The highest BCUT2D eigenvalue weighted by Crippen LogP contribution is 2.60. The molecular formula is C19H21ClN2O3. The van der Waals surface area contributed by atoms with E-state index in [2.05, 4.69) is 23.5 Å². The number of amides is 2. The summed E-state index contributed by atoms with van der Waals surface area (Å²) in [6.07, 6.45) is 2.18. The van der Waals surface area contributed by atoms with Crippen molar-refractivity contribution < 1.29 is 14.3 Å². The van der Waals surface area contributed by atoms with E-state index in [-0.39, 0.29) is 28.9 Å². The maximum absolute atomic E-state index is 12.9. The maximum Gasteiger partial charge on any atom is 0.407 e. The molecule has 1 aromatic carbocycles. The number of nitrogens with one attached hydrogen (secondary N) is 1. The van der Waals surface area contributed by atoms with Crippen molar-refractivity contribution in [3.8, 4) is 0 Å². The summed E-state index contributed by atoms with van der Waals surface area (Å²) in [4.78, 5) is 26.1. The van der Waals surface area contributed by atoms with Gasteiger partial charge >= 0.3 is 6.09 Å². The molecule has 2 heterocycles. The zero-order valence-electron chi connectivity index (χ0n) is 14.2. The molecule has 0 aromatic heterocycles. The molecule has 5 nitrogen and oxygen atoms in total. The molecule has 25 heavy (non-hydrogen) atoms. The van der Waals surface area contributed by atoms with Crippen molar-refractivity contribution in [2.24, 2.45) is 11.8 Å². The Morgan fingerprint density at radius 1 is 1.36 bits per heavy atom. The molecule has 2 atom stereocenters. The quantitative estimate of drug-likeness (QED) is 0.882. The Morgan fingerprint density at radius 3 is 2.84 bits per heavy atom. The number of carbonyl (C=O) groups excluding carboxylic acids is 2. The van der Waals surface area contributed by atoms with Crippen molar-refractivity contribution in [2.75, 3.05) is 19.7 Å². The Kier molecular flexibility index (Phi) is 3.04. The molecule has 1 spiro atoms. The molecule has 4 aliphatic rings. The van der Waals surface area contributed by atoms with Crippen LogP contribution < -0.4 is 5.32 Å². The number of hydrogen-bond acceptors (Lipinski definition) is 3.